The number of aliphatic hydroxyl groups excluding tert-OH is 1. The van der Waals surface area contributed by atoms with Gasteiger partial charge in [0.15, 0.2) is 17.5 Å². The third-order valence-corrected chi connectivity index (χ3v) is 3.96. The predicted octanol–water partition coefficient (Wildman–Crippen LogP) is 2.96. The predicted molar refractivity (Wildman–Crippen MR) is 98.6 cm³/mol. The maximum Gasteiger partial charge on any atom is 0.193 e. The molecule has 25 heavy (non-hydrogen) atoms. The number of halogens is 1. The molecule has 132 valence electrons. The van der Waals surface area contributed by atoms with Crippen LogP contribution in [0.15, 0.2) is 47.5 Å². The maximum atomic E-state index is 10.1. The van der Waals surface area contributed by atoms with Gasteiger partial charge in [0.05, 0.1) is 25.9 Å². The van der Waals surface area contributed by atoms with E-state index in [-0.39, 0.29) is 12.5 Å². The van der Waals surface area contributed by atoms with Crippen molar-refractivity contribution in [1.82, 2.24) is 0 Å². The summed E-state index contributed by atoms with van der Waals surface area (Å²) in [5.41, 5.74) is 7.37. The Bertz CT molecular complexity index is 750. The van der Waals surface area contributed by atoms with Crippen LogP contribution < -0.4 is 20.5 Å². The van der Waals surface area contributed by atoms with Crippen molar-refractivity contribution in [3.63, 3.8) is 0 Å². The Hall–Kier alpha value is -2.44. The van der Waals surface area contributed by atoms with Gasteiger partial charge in [0.2, 0.25) is 0 Å². The minimum Gasteiger partial charge on any atom is -0.490 e. The van der Waals surface area contributed by atoms with Gasteiger partial charge in [0.1, 0.15) is 0 Å². The normalized spacial score (nSPS) is 15.4. The van der Waals surface area contributed by atoms with Crippen LogP contribution in [0.1, 0.15) is 18.1 Å². The first kappa shape index (κ1) is 17.4. The molecule has 4 N–H and O–H groups in total. The van der Waals surface area contributed by atoms with Crippen molar-refractivity contribution in [2.75, 3.05) is 25.1 Å². The number of nitrogens with one attached hydrogen (secondary N) is 1. The Balaban J connectivity index is 1.61. The minimum atomic E-state index is -0.749. The highest BCUT2D eigenvalue weighted by molar-refractivity contribution is 6.30. The average molecular weight is 362 g/mol. The Kier molecular flexibility index (Phi) is 5.63. The Morgan fingerprint density at radius 1 is 1.16 bits per heavy atom. The van der Waals surface area contributed by atoms with Gasteiger partial charge < -0.3 is 25.6 Å². The molecule has 0 saturated heterocycles. The van der Waals surface area contributed by atoms with Gasteiger partial charge in [-0.3, -0.25) is 4.99 Å². The van der Waals surface area contributed by atoms with Gasteiger partial charge in [-0.2, -0.15) is 0 Å². The molecular formula is C18H20ClN3O3. The van der Waals surface area contributed by atoms with Crippen molar-refractivity contribution in [3.05, 3.63) is 53.1 Å². The number of ether oxygens (including phenoxy) is 2. The van der Waals surface area contributed by atoms with E-state index < -0.39 is 6.10 Å². The van der Waals surface area contributed by atoms with Crippen LogP contribution in [-0.4, -0.2) is 30.8 Å². The number of anilines is 1. The third kappa shape index (κ3) is 4.78. The van der Waals surface area contributed by atoms with Crippen molar-refractivity contribution >= 4 is 23.2 Å². The first-order valence-corrected chi connectivity index (χ1v) is 8.40. The number of aliphatic imine (C=N–C) groups is 1. The Morgan fingerprint density at radius 2 is 1.88 bits per heavy atom. The summed E-state index contributed by atoms with van der Waals surface area (Å²) in [6.45, 7) is 1.41. The van der Waals surface area contributed by atoms with Gasteiger partial charge in [-0.25, -0.2) is 0 Å². The molecule has 0 unspecified atom stereocenters. The summed E-state index contributed by atoms with van der Waals surface area (Å²) < 4.78 is 11.2. The van der Waals surface area contributed by atoms with E-state index in [0.717, 1.165) is 23.4 Å². The summed E-state index contributed by atoms with van der Waals surface area (Å²) in [6, 6.07) is 12.5. The van der Waals surface area contributed by atoms with Crippen LogP contribution in [0.2, 0.25) is 5.02 Å². The molecule has 3 rings (SSSR count). The van der Waals surface area contributed by atoms with Crippen molar-refractivity contribution < 1.29 is 14.6 Å². The molecule has 1 atom stereocenters. The third-order valence-electron chi connectivity index (χ3n) is 3.71. The number of hydrogen-bond acceptors (Lipinski definition) is 4. The van der Waals surface area contributed by atoms with Crippen LogP contribution in [0.5, 0.6) is 11.5 Å². The monoisotopic (exact) mass is 361 g/mol. The molecule has 0 fully saturated rings. The van der Waals surface area contributed by atoms with Crippen LogP contribution in [0.25, 0.3) is 0 Å². The van der Waals surface area contributed by atoms with Gasteiger partial charge in [0, 0.05) is 23.2 Å². The van der Waals surface area contributed by atoms with E-state index in [9.17, 15) is 5.11 Å². The highest BCUT2D eigenvalue weighted by atomic mass is 35.5. The fourth-order valence-electron chi connectivity index (χ4n) is 2.40. The second kappa shape index (κ2) is 8.09. The van der Waals surface area contributed by atoms with E-state index in [1.54, 1.807) is 24.3 Å². The lowest BCUT2D eigenvalue weighted by atomic mass is 10.1. The molecule has 2 aromatic carbocycles. The van der Waals surface area contributed by atoms with E-state index in [4.69, 9.17) is 26.8 Å². The van der Waals surface area contributed by atoms with Gasteiger partial charge in [-0.05, 0) is 29.8 Å². The van der Waals surface area contributed by atoms with E-state index in [1.165, 1.54) is 0 Å². The Labute approximate surface area is 151 Å². The molecule has 0 amide bonds. The second-order valence-electron chi connectivity index (χ2n) is 5.63. The highest BCUT2D eigenvalue weighted by Crippen LogP contribution is 2.32. The lowest BCUT2D eigenvalue weighted by molar-refractivity contribution is 0.187. The topological polar surface area (TPSA) is 89.1 Å². The number of fused-ring (bicyclic) bond motifs is 1. The zero-order valence-corrected chi connectivity index (χ0v) is 14.4. The summed E-state index contributed by atoms with van der Waals surface area (Å²) in [5.74, 6) is 1.61. The summed E-state index contributed by atoms with van der Waals surface area (Å²) in [6.07, 6.45) is 0.102. The van der Waals surface area contributed by atoms with Crippen LogP contribution in [0.4, 0.5) is 5.69 Å². The zero-order valence-electron chi connectivity index (χ0n) is 13.6. The first-order valence-electron chi connectivity index (χ1n) is 8.02. The number of nitrogens with zero attached hydrogens (tertiary/aromatic N) is 1. The second-order valence-corrected chi connectivity index (χ2v) is 6.07. The standard InChI is InChI=1S/C18H20ClN3O3/c19-13-4-2-12(3-5-13)15(23)11-21-18(20)22-14-6-7-16-17(10-14)25-9-1-8-24-16/h2-7,10,15,23H,1,8-9,11H2,(H3,20,21,22)/t15-/m0/s1. The molecule has 1 aliphatic heterocycles. The fraction of sp³-hybridized carbons (Fsp3) is 0.278. The van der Waals surface area contributed by atoms with Gasteiger partial charge in [-0.1, -0.05) is 23.7 Å². The van der Waals surface area contributed by atoms with Crippen molar-refractivity contribution in [2.45, 2.75) is 12.5 Å². The molecule has 0 aromatic heterocycles. The smallest absolute Gasteiger partial charge is 0.193 e. The zero-order chi connectivity index (χ0) is 17.6. The first-order chi connectivity index (χ1) is 12.1. The molecule has 0 saturated carbocycles. The Morgan fingerprint density at radius 3 is 2.64 bits per heavy atom. The van der Waals surface area contributed by atoms with Gasteiger partial charge in [0.25, 0.3) is 0 Å². The molecule has 6 nitrogen and oxygen atoms in total. The maximum absolute atomic E-state index is 10.1. The number of benzene rings is 2. The van der Waals surface area contributed by atoms with Crippen molar-refractivity contribution in [2.24, 2.45) is 10.7 Å². The van der Waals surface area contributed by atoms with E-state index in [2.05, 4.69) is 10.3 Å². The van der Waals surface area contributed by atoms with E-state index in [1.807, 2.05) is 18.2 Å². The highest BCUT2D eigenvalue weighted by Gasteiger charge is 2.11. The average Bonchev–Trinajstić information content (AvgIpc) is 2.85. The van der Waals surface area contributed by atoms with E-state index in [0.29, 0.717) is 24.0 Å². The van der Waals surface area contributed by atoms with Crippen LogP contribution in [0.3, 0.4) is 0 Å². The molecule has 1 aliphatic rings. The number of hydrogen-bond donors (Lipinski definition) is 3. The lowest BCUT2D eigenvalue weighted by Gasteiger charge is -2.12. The number of guanidine groups is 1. The van der Waals surface area contributed by atoms with Crippen molar-refractivity contribution in [1.29, 1.82) is 0 Å². The quantitative estimate of drug-likeness (QED) is 0.575. The molecule has 0 bridgehead atoms. The molecule has 7 heteroatoms. The van der Waals surface area contributed by atoms with Crippen LogP contribution >= 0.6 is 11.6 Å². The van der Waals surface area contributed by atoms with E-state index >= 15 is 0 Å². The molecule has 2 aromatic rings. The van der Waals surface area contributed by atoms with Crippen molar-refractivity contribution in [3.8, 4) is 11.5 Å². The number of aliphatic hydroxyl groups is 1. The minimum absolute atomic E-state index is 0.144. The summed E-state index contributed by atoms with van der Waals surface area (Å²) in [5, 5.41) is 13.8. The molecule has 0 radical (unpaired) electrons. The lowest BCUT2D eigenvalue weighted by Crippen LogP contribution is -2.23. The summed E-state index contributed by atoms with van der Waals surface area (Å²) in [4.78, 5) is 4.18. The molecule has 1 heterocycles. The number of rotatable bonds is 4. The fourth-order valence-corrected chi connectivity index (χ4v) is 2.53. The summed E-state index contributed by atoms with van der Waals surface area (Å²) >= 11 is 5.84. The SMILES string of the molecule is NC(=NC[C@H](O)c1ccc(Cl)cc1)Nc1ccc2c(c1)OCCCO2. The molecule has 0 spiro atoms. The van der Waals surface area contributed by atoms with Gasteiger partial charge >= 0.3 is 0 Å². The van der Waals surface area contributed by atoms with Crippen LogP contribution in [-0.2, 0) is 0 Å². The van der Waals surface area contributed by atoms with Gasteiger partial charge in [-0.15, -0.1) is 0 Å². The summed E-state index contributed by atoms with van der Waals surface area (Å²) in [7, 11) is 0. The molecular weight excluding hydrogens is 342 g/mol. The van der Waals surface area contributed by atoms with Crippen LogP contribution in [0, 0.1) is 0 Å². The number of nitrogens with two attached hydrogens (primary N) is 1. The molecule has 0 aliphatic carbocycles. The largest absolute Gasteiger partial charge is 0.490 e.